The standard InChI is InChI=1S/C16H22N2O5S/c1-4-10(2)14(16(20)21)17-15(19)12-5-6-13-11(9-12)7-8-18(13)24(3,22)23/h5-6,9-10,14H,4,7-8H2,1-3H3,(H,17,19)(H,20,21)/t10-,14-/m0/s1. The summed E-state index contributed by atoms with van der Waals surface area (Å²) < 4.78 is 24.8. The van der Waals surface area contributed by atoms with E-state index in [1.165, 1.54) is 10.4 Å². The second kappa shape index (κ2) is 6.80. The zero-order valence-electron chi connectivity index (χ0n) is 13.9. The van der Waals surface area contributed by atoms with Crippen molar-refractivity contribution in [2.24, 2.45) is 5.92 Å². The molecule has 0 aromatic heterocycles. The third-order valence-electron chi connectivity index (χ3n) is 4.36. The van der Waals surface area contributed by atoms with Crippen LogP contribution in [-0.2, 0) is 21.2 Å². The van der Waals surface area contributed by atoms with Crippen LogP contribution in [0, 0.1) is 5.92 Å². The fraction of sp³-hybridized carbons (Fsp3) is 0.500. The Morgan fingerprint density at radius 1 is 1.38 bits per heavy atom. The number of nitrogens with zero attached hydrogens (tertiary/aromatic N) is 1. The van der Waals surface area contributed by atoms with Crippen LogP contribution in [0.3, 0.4) is 0 Å². The van der Waals surface area contributed by atoms with Crippen LogP contribution in [0.15, 0.2) is 18.2 Å². The molecule has 1 heterocycles. The Hall–Kier alpha value is -2.09. The first-order valence-electron chi connectivity index (χ1n) is 7.79. The summed E-state index contributed by atoms with van der Waals surface area (Å²) >= 11 is 0. The van der Waals surface area contributed by atoms with E-state index in [4.69, 9.17) is 0 Å². The van der Waals surface area contributed by atoms with Gasteiger partial charge in [-0.05, 0) is 36.1 Å². The van der Waals surface area contributed by atoms with Gasteiger partial charge in [-0.25, -0.2) is 13.2 Å². The van der Waals surface area contributed by atoms with Crippen molar-refractivity contribution in [1.82, 2.24) is 5.32 Å². The van der Waals surface area contributed by atoms with Crippen LogP contribution >= 0.6 is 0 Å². The van der Waals surface area contributed by atoms with Crippen LogP contribution in [0.1, 0.15) is 36.2 Å². The van der Waals surface area contributed by atoms with E-state index in [-0.39, 0.29) is 5.92 Å². The maximum Gasteiger partial charge on any atom is 0.326 e. The predicted molar refractivity (Wildman–Crippen MR) is 90.7 cm³/mol. The molecule has 0 spiro atoms. The van der Waals surface area contributed by atoms with Gasteiger partial charge >= 0.3 is 5.97 Å². The van der Waals surface area contributed by atoms with E-state index in [1.807, 2.05) is 6.92 Å². The van der Waals surface area contributed by atoms with Crippen molar-refractivity contribution >= 4 is 27.6 Å². The summed E-state index contributed by atoms with van der Waals surface area (Å²) in [4.78, 5) is 23.7. The molecule has 1 aromatic carbocycles. The molecule has 1 aromatic rings. The molecular formula is C16H22N2O5S. The highest BCUT2D eigenvalue weighted by Gasteiger charge is 2.29. The van der Waals surface area contributed by atoms with Crippen molar-refractivity contribution < 1.29 is 23.1 Å². The molecule has 132 valence electrons. The monoisotopic (exact) mass is 354 g/mol. The quantitative estimate of drug-likeness (QED) is 0.800. The summed E-state index contributed by atoms with van der Waals surface area (Å²) in [5.41, 5.74) is 1.67. The van der Waals surface area contributed by atoms with Crippen molar-refractivity contribution in [1.29, 1.82) is 0 Å². The maximum atomic E-state index is 12.4. The van der Waals surface area contributed by atoms with Gasteiger partial charge in [0.25, 0.3) is 5.91 Å². The Kier molecular flexibility index (Phi) is 5.17. The van der Waals surface area contributed by atoms with Crippen LogP contribution in [0.25, 0.3) is 0 Å². The van der Waals surface area contributed by atoms with Gasteiger partial charge in [0.2, 0.25) is 10.0 Å². The van der Waals surface area contributed by atoms with Crippen LogP contribution in [0.5, 0.6) is 0 Å². The molecule has 2 atom stereocenters. The largest absolute Gasteiger partial charge is 0.480 e. The number of hydrogen-bond donors (Lipinski definition) is 2. The lowest BCUT2D eigenvalue weighted by Gasteiger charge is -2.20. The van der Waals surface area contributed by atoms with Crippen molar-refractivity contribution in [2.45, 2.75) is 32.7 Å². The Balaban J connectivity index is 2.22. The van der Waals surface area contributed by atoms with E-state index >= 15 is 0 Å². The van der Waals surface area contributed by atoms with Gasteiger partial charge in [-0.3, -0.25) is 9.10 Å². The topological polar surface area (TPSA) is 104 Å². The predicted octanol–water partition coefficient (Wildman–Crippen LogP) is 1.24. The molecule has 2 rings (SSSR count). The Labute approximate surface area is 141 Å². The van der Waals surface area contributed by atoms with E-state index in [0.717, 1.165) is 11.8 Å². The number of amides is 1. The minimum absolute atomic E-state index is 0.193. The summed E-state index contributed by atoms with van der Waals surface area (Å²) in [5.74, 6) is -1.73. The number of carbonyl (C=O) groups excluding carboxylic acids is 1. The highest BCUT2D eigenvalue weighted by Crippen LogP contribution is 2.30. The van der Waals surface area contributed by atoms with E-state index < -0.39 is 27.9 Å². The molecule has 1 amide bonds. The second-order valence-corrected chi connectivity index (χ2v) is 8.01. The van der Waals surface area contributed by atoms with Crippen LogP contribution < -0.4 is 9.62 Å². The zero-order valence-corrected chi connectivity index (χ0v) is 14.8. The van der Waals surface area contributed by atoms with Gasteiger partial charge < -0.3 is 10.4 Å². The van der Waals surface area contributed by atoms with Crippen LogP contribution in [0.2, 0.25) is 0 Å². The Bertz CT molecular complexity index is 760. The molecule has 2 N–H and O–H groups in total. The van der Waals surface area contributed by atoms with Crippen molar-refractivity contribution in [3.05, 3.63) is 29.3 Å². The highest BCUT2D eigenvalue weighted by atomic mass is 32.2. The van der Waals surface area contributed by atoms with Gasteiger partial charge in [-0.15, -0.1) is 0 Å². The fourth-order valence-electron chi connectivity index (χ4n) is 2.76. The lowest BCUT2D eigenvalue weighted by atomic mass is 9.98. The molecule has 24 heavy (non-hydrogen) atoms. The molecule has 1 aliphatic rings. The van der Waals surface area contributed by atoms with Gasteiger partial charge in [0, 0.05) is 12.1 Å². The van der Waals surface area contributed by atoms with Gasteiger partial charge in [0.05, 0.1) is 11.9 Å². The minimum atomic E-state index is -3.34. The highest BCUT2D eigenvalue weighted by molar-refractivity contribution is 7.92. The molecule has 0 bridgehead atoms. The lowest BCUT2D eigenvalue weighted by Crippen LogP contribution is -2.45. The normalized spacial score (nSPS) is 16.4. The summed E-state index contributed by atoms with van der Waals surface area (Å²) in [6.45, 7) is 3.98. The zero-order chi connectivity index (χ0) is 18.1. The number of aliphatic carboxylic acids is 1. The molecular weight excluding hydrogens is 332 g/mol. The van der Waals surface area contributed by atoms with Gasteiger partial charge in [-0.1, -0.05) is 20.3 Å². The first-order valence-corrected chi connectivity index (χ1v) is 9.64. The maximum absolute atomic E-state index is 12.4. The van der Waals surface area contributed by atoms with Gasteiger partial charge in [-0.2, -0.15) is 0 Å². The number of carboxylic acids is 1. The SMILES string of the molecule is CC[C@H](C)[C@H](NC(=O)c1ccc2c(c1)CCN2S(C)(=O)=O)C(=O)O. The average molecular weight is 354 g/mol. The second-order valence-electron chi connectivity index (χ2n) is 6.10. The van der Waals surface area contributed by atoms with Crippen LogP contribution in [-0.4, -0.2) is 44.2 Å². The molecule has 0 saturated carbocycles. The Morgan fingerprint density at radius 3 is 2.58 bits per heavy atom. The molecule has 8 heteroatoms. The third-order valence-corrected chi connectivity index (χ3v) is 5.54. The number of carbonyl (C=O) groups is 2. The summed E-state index contributed by atoms with van der Waals surface area (Å²) in [6.07, 6.45) is 2.30. The molecule has 1 aliphatic heterocycles. The molecule has 0 aliphatic carbocycles. The molecule has 0 saturated heterocycles. The van der Waals surface area contributed by atoms with Gasteiger partial charge in [0.1, 0.15) is 6.04 Å². The summed E-state index contributed by atoms with van der Waals surface area (Å²) in [7, 11) is -3.34. The third kappa shape index (κ3) is 3.69. The number of benzene rings is 1. The van der Waals surface area contributed by atoms with Gasteiger partial charge in [0.15, 0.2) is 0 Å². The van der Waals surface area contributed by atoms with E-state index in [0.29, 0.717) is 30.6 Å². The summed E-state index contributed by atoms with van der Waals surface area (Å²) in [5, 5.41) is 11.8. The van der Waals surface area contributed by atoms with Crippen LogP contribution in [0.4, 0.5) is 5.69 Å². The number of nitrogens with one attached hydrogen (secondary N) is 1. The number of rotatable bonds is 6. The number of hydrogen-bond acceptors (Lipinski definition) is 4. The van der Waals surface area contributed by atoms with E-state index in [1.54, 1.807) is 19.1 Å². The van der Waals surface area contributed by atoms with Crippen molar-refractivity contribution in [2.75, 3.05) is 17.1 Å². The molecule has 7 nitrogen and oxygen atoms in total. The number of carboxylic acid groups (broad SMARTS) is 1. The molecule has 0 radical (unpaired) electrons. The summed E-state index contributed by atoms with van der Waals surface area (Å²) in [6, 6.07) is 3.79. The molecule has 0 fully saturated rings. The number of anilines is 1. The fourth-order valence-corrected chi connectivity index (χ4v) is 3.72. The lowest BCUT2D eigenvalue weighted by molar-refractivity contribution is -0.140. The minimum Gasteiger partial charge on any atom is -0.480 e. The van der Waals surface area contributed by atoms with Crippen molar-refractivity contribution in [3.8, 4) is 0 Å². The average Bonchev–Trinajstić information content (AvgIpc) is 2.94. The van der Waals surface area contributed by atoms with E-state index in [9.17, 15) is 23.1 Å². The smallest absolute Gasteiger partial charge is 0.326 e. The van der Waals surface area contributed by atoms with Crippen molar-refractivity contribution in [3.63, 3.8) is 0 Å². The number of sulfonamides is 1. The first-order chi connectivity index (χ1) is 11.1. The van der Waals surface area contributed by atoms with E-state index in [2.05, 4.69) is 5.32 Å². The Morgan fingerprint density at radius 2 is 2.04 bits per heavy atom. The first kappa shape index (κ1) is 18.3. The molecule has 0 unspecified atom stereocenters. The number of fused-ring (bicyclic) bond motifs is 1.